The van der Waals surface area contributed by atoms with Crippen LogP contribution < -0.4 is 14.7 Å². The number of carbonyl (C=O) groups excluding carboxylic acids is 1. The van der Waals surface area contributed by atoms with E-state index in [-0.39, 0.29) is 17.8 Å². The number of ether oxygens (including phenoxy) is 1. The zero-order valence-electron chi connectivity index (χ0n) is 14.3. The zero-order chi connectivity index (χ0) is 18.3. The van der Waals surface area contributed by atoms with E-state index in [9.17, 15) is 9.36 Å². The molecule has 136 valence electrons. The SMILES string of the molecule is COc1ccc(OP(=O)(Cl)OC(=O)[C@@H](NOC(C)C)C(C)C)cc1. The van der Waals surface area contributed by atoms with Crippen molar-refractivity contribution in [1.29, 1.82) is 0 Å². The van der Waals surface area contributed by atoms with Crippen LogP contribution in [0.15, 0.2) is 24.3 Å². The fourth-order valence-electron chi connectivity index (χ4n) is 1.61. The van der Waals surface area contributed by atoms with Crippen LogP contribution >= 0.6 is 18.2 Å². The van der Waals surface area contributed by atoms with E-state index in [1.807, 2.05) is 0 Å². The second-order valence-electron chi connectivity index (χ2n) is 5.61. The number of hydrogen-bond donors (Lipinski definition) is 1. The topological polar surface area (TPSA) is 83.1 Å². The summed E-state index contributed by atoms with van der Waals surface area (Å²) >= 11 is 5.74. The van der Waals surface area contributed by atoms with Gasteiger partial charge in [0.25, 0.3) is 0 Å². The second kappa shape index (κ2) is 9.28. The van der Waals surface area contributed by atoms with Gasteiger partial charge in [-0.25, -0.2) is 9.36 Å². The monoisotopic (exact) mass is 379 g/mol. The van der Waals surface area contributed by atoms with Crippen molar-refractivity contribution in [2.45, 2.75) is 39.8 Å². The van der Waals surface area contributed by atoms with Crippen molar-refractivity contribution in [3.63, 3.8) is 0 Å². The Morgan fingerprint density at radius 1 is 1.12 bits per heavy atom. The average Bonchev–Trinajstić information content (AvgIpc) is 2.46. The quantitative estimate of drug-likeness (QED) is 0.514. The molecule has 1 N–H and O–H groups in total. The molecule has 0 amide bonds. The van der Waals surface area contributed by atoms with Crippen LogP contribution in [-0.4, -0.2) is 25.2 Å². The average molecular weight is 380 g/mol. The lowest BCUT2D eigenvalue weighted by Crippen LogP contribution is -2.42. The maximum atomic E-state index is 12.2. The standard InChI is InChI=1S/C15H23ClNO6P/c1-10(2)14(17-21-11(3)4)15(18)23-24(16,19)22-13-8-6-12(20-5)7-9-13/h6-11,14,17H,1-5H3/t14-,24?/m0/s1. The van der Waals surface area contributed by atoms with E-state index in [4.69, 9.17) is 29.9 Å². The largest absolute Gasteiger partial charge is 0.532 e. The molecule has 0 aliphatic heterocycles. The van der Waals surface area contributed by atoms with Crippen LogP contribution in [0.1, 0.15) is 27.7 Å². The van der Waals surface area contributed by atoms with E-state index in [2.05, 4.69) is 5.48 Å². The Morgan fingerprint density at radius 2 is 1.67 bits per heavy atom. The van der Waals surface area contributed by atoms with Gasteiger partial charge in [0.05, 0.1) is 13.2 Å². The number of methoxy groups -OCH3 is 1. The first kappa shape index (κ1) is 20.8. The summed E-state index contributed by atoms with van der Waals surface area (Å²) < 4.78 is 27.1. The maximum absolute atomic E-state index is 12.2. The molecular weight excluding hydrogens is 357 g/mol. The molecule has 24 heavy (non-hydrogen) atoms. The molecule has 1 aromatic rings. The van der Waals surface area contributed by atoms with Crippen molar-refractivity contribution in [2.75, 3.05) is 7.11 Å². The smallest absolute Gasteiger partial charge is 0.497 e. The molecule has 2 atom stereocenters. The third kappa shape index (κ3) is 7.09. The number of benzene rings is 1. The van der Waals surface area contributed by atoms with Gasteiger partial charge in [-0.15, -0.1) is 0 Å². The molecule has 0 saturated heterocycles. The molecule has 0 aliphatic carbocycles. The van der Waals surface area contributed by atoms with Gasteiger partial charge in [0.1, 0.15) is 17.5 Å². The van der Waals surface area contributed by atoms with Crippen molar-refractivity contribution in [3.05, 3.63) is 24.3 Å². The third-order valence-corrected chi connectivity index (χ3v) is 4.07. The third-order valence-electron chi connectivity index (χ3n) is 2.82. The summed E-state index contributed by atoms with van der Waals surface area (Å²) in [6.07, 6.45) is -0.141. The normalized spacial score (nSPS) is 15.0. The molecule has 9 heteroatoms. The van der Waals surface area contributed by atoms with Crippen molar-refractivity contribution in [2.24, 2.45) is 5.92 Å². The predicted molar refractivity (Wildman–Crippen MR) is 91.2 cm³/mol. The lowest BCUT2D eigenvalue weighted by molar-refractivity contribution is -0.145. The number of nitrogens with one attached hydrogen (secondary N) is 1. The Kier molecular flexibility index (Phi) is 8.03. The van der Waals surface area contributed by atoms with Crippen LogP contribution in [0.4, 0.5) is 0 Å². The molecule has 0 saturated carbocycles. The minimum Gasteiger partial charge on any atom is -0.497 e. The van der Waals surface area contributed by atoms with Gasteiger partial charge in [0, 0.05) is 11.2 Å². The van der Waals surface area contributed by atoms with Gasteiger partial charge in [0.15, 0.2) is 0 Å². The number of rotatable bonds is 9. The van der Waals surface area contributed by atoms with Crippen LogP contribution in [-0.2, 0) is 18.7 Å². The molecule has 0 radical (unpaired) electrons. The van der Waals surface area contributed by atoms with Crippen molar-refractivity contribution in [3.8, 4) is 11.5 Å². The number of hydroxylamine groups is 1. The summed E-state index contributed by atoms with van der Waals surface area (Å²) in [4.78, 5) is 17.4. The van der Waals surface area contributed by atoms with Gasteiger partial charge in [-0.2, -0.15) is 5.48 Å². The molecular formula is C15H23ClNO6P. The van der Waals surface area contributed by atoms with Crippen LogP contribution in [0.25, 0.3) is 0 Å². The van der Waals surface area contributed by atoms with Gasteiger partial charge < -0.3 is 13.8 Å². The van der Waals surface area contributed by atoms with Crippen LogP contribution in [0.5, 0.6) is 11.5 Å². The highest BCUT2D eigenvalue weighted by Crippen LogP contribution is 2.53. The molecule has 0 spiro atoms. The van der Waals surface area contributed by atoms with Gasteiger partial charge in [0.2, 0.25) is 0 Å². The lowest BCUT2D eigenvalue weighted by Gasteiger charge is -2.22. The molecule has 1 unspecified atom stereocenters. The van der Waals surface area contributed by atoms with Crippen LogP contribution in [0.3, 0.4) is 0 Å². The molecule has 0 bridgehead atoms. The maximum Gasteiger partial charge on any atom is 0.532 e. The number of carbonyl (C=O) groups is 1. The van der Waals surface area contributed by atoms with E-state index < -0.39 is 19.0 Å². The van der Waals surface area contributed by atoms with Gasteiger partial charge >= 0.3 is 12.9 Å². The molecule has 0 fully saturated rings. The summed E-state index contributed by atoms with van der Waals surface area (Å²) in [5, 5.41) is 0. The fourth-order valence-corrected chi connectivity index (χ4v) is 2.79. The van der Waals surface area contributed by atoms with E-state index in [0.29, 0.717) is 5.75 Å². The van der Waals surface area contributed by atoms with Crippen LogP contribution in [0, 0.1) is 5.92 Å². The minimum atomic E-state index is -4.15. The Hall–Kier alpha value is -1.27. The van der Waals surface area contributed by atoms with Crippen molar-refractivity contribution in [1.82, 2.24) is 5.48 Å². The van der Waals surface area contributed by atoms with Gasteiger partial charge in [-0.05, 0) is 44.0 Å². The molecule has 1 rings (SSSR count). The Balaban J connectivity index is 2.71. The molecule has 0 heterocycles. The highest BCUT2D eigenvalue weighted by Gasteiger charge is 2.34. The highest BCUT2D eigenvalue weighted by molar-refractivity contribution is 7.82. The molecule has 7 nitrogen and oxygen atoms in total. The van der Waals surface area contributed by atoms with E-state index in [0.717, 1.165) is 0 Å². The first-order valence-corrected chi connectivity index (χ1v) is 9.87. The highest BCUT2D eigenvalue weighted by atomic mass is 35.7. The number of halogens is 1. The first-order valence-electron chi connectivity index (χ1n) is 7.42. The van der Waals surface area contributed by atoms with Gasteiger partial charge in [-0.3, -0.25) is 4.84 Å². The molecule has 1 aromatic carbocycles. The van der Waals surface area contributed by atoms with Crippen molar-refractivity contribution < 1.29 is 28.0 Å². The van der Waals surface area contributed by atoms with E-state index in [1.165, 1.54) is 19.2 Å². The summed E-state index contributed by atoms with van der Waals surface area (Å²) in [5.41, 5.74) is 2.59. The number of hydrogen-bond acceptors (Lipinski definition) is 7. The van der Waals surface area contributed by atoms with E-state index >= 15 is 0 Å². The lowest BCUT2D eigenvalue weighted by atomic mass is 10.1. The van der Waals surface area contributed by atoms with Gasteiger partial charge in [-0.1, -0.05) is 13.8 Å². The van der Waals surface area contributed by atoms with Crippen molar-refractivity contribution >= 4 is 24.2 Å². The fraction of sp³-hybridized carbons (Fsp3) is 0.533. The predicted octanol–water partition coefficient (Wildman–Crippen LogP) is 3.92. The molecule has 0 aliphatic rings. The first-order chi connectivity index (χ1) is 11.1. The second-order valence-corrected chi connectivity index (χ2v) is 8.08. The zero-order valence-corrected chi connectivity index (χ0v) is 16.0. The summed E-state index contributed by atoms with van der Waals surface area (Å²) in [5.74, 6) is -0.209. The summed E-state index contributed by atoms with van der Waals surface area (Å²) in [6.45, 7) is 3.02. The van der Waals surface area contributed by atoms with Crippen LogP contribution in [0.2, 0.25) is 0 Å². The van der Waals surface area contributed by atoms with E-state index in [1.54, 1.807) is 39.8 Å². The summed E-state index contributed by atoms with van der Waals surface area (Å²) in [7, 11) is 1.52. The Labute approximate surface area is 146 Å². The Morgan fingerprint density at radius 3 is 2.12 bits per heavy atom. The molecule has 0 aromatic heterocycles. The Bertz CT molecular complexity index is 578. The minimum absolute atomic E-state index is 0.141. The summed E-state index contributed by atoms with van der Waals surface area (Å²) in [6, 6.07) is 5.37.